The third kappa shape index (κ3) is 4.62. The summed E-state index contributed by atoms with van der Waals surface area (Å²) in [5, 5.41) is 11.9. The number of rotatable bonds is 4. The van der Waals surface area contributed by atoms with Crippen molar-refractivity contribution in [2.45, 2.75) is 45.6 Å². The van der Waals surface area contributed by atoms with Gasteiger partial charge in [-0.2, -0.15) is 10.1 Å². The first kappa shape index (κ1) is 21.2. The lowest BCUT2D eigenvalue weighted by Crippen LogP contribution is -2.06. The van der Waals surface area contributed by atoms with E-state index in [0.29, 0.717) is 35.5 Å². The van der Waals surface area contributed by atoms with Gasteiger partial charge in [0.15, 0.2) is 5.82 Å². The average molecular weight is 450 g/mol. The van der Waals surface area contributed by atoms with E-state index in [-0.39, 0.29) is 11.7 Å². The van der Waals surface area contributed by atoms with E-state index in [1.54, 1.807) is 25.1 Å². The van der Waals surface area contributed by atoms with Crippen molar-refractivity contribution in [2.75, 3.05) is 5.32 Å². The molecule has 7 nitrogen and oxygen atoms in total. The lowest BCUT2D eigenvalue weighted by atomic mass is 9.91. The molecule has 0 saturated heterocycles. The van der Waals surface area contributed by atoms with Gasteiger partial charge in [-0.1, -0.05) is 19.1 Å². The smallest absolute Gasteiger partial charge is 0.246 e. The summed E-state index contributed by atoms with van der Waals surface area (Å²) in [5.74, 6) is 1.84. The van der Waals surface area contributed by atoms with Gasteiger partial charge >= 0.3 is 0 Å². The predicted molar refractivity (Wildman–Crippen MR) is 122 cm³/mol. The Balaban J connectivity index is 1.39. The summed E-state index contributed by atoms with van der Waals surface area (Å²) in [6.07, 6.45) is 11.1. The minimum atomic E-state index is -0.425. The molecule has 0 radical (unpaired) electrons. The topological polar surface area (TPSA) is 73.5 Å². The molecular formula is C24H25F2N7. The molecule has 9 heteroatoms. The number of aromatic nitrogens is 6. The molecule has 2 atom stereocenters. The van der Waals surface area contributed by atoms with Crippen LogP contribution in [0.15, 0.2) is 60.2 Å². The Kier molecular flexibility index (Phi) is 5.62. The third-order valence-electron chi connectivity index (χ3n) is 5.98. The number of allylic oxidation sites excluding steroid dienone is 6. The molecule has 170 valence electrons. The van der Waals surface area contributed by atoms with E-state index in [1.165, 1.54) is 23.2 Å². The Morgan fingerprint density at radius 1 is 1.18 bits per heavy atom. The fourth-order valence-electron chi connectivity index (χ4n) is 4.27. The Morgan fingerprint density at radius 2 is 2.06 bits per heavy atom. The average Bonchev–Trinajstić information content (AvgIpc) is 3.36. The molecule has 3 heterocycles. The molecule has 2 aromatic heterocycles. The van der Waals surface area contributed by atoms with Gasteiger partial charge in [0.1, 0.15) is 29.5 Å². The minimum Gasteiger partial charge on any atom is -0.323 e. The van der Waals surface area contributed by atoms with Crippen LogP contribution in [0, 0.1) is 18.7 Å². The minimum absolute atomic E-state index is 0.0782. The number of fused-ring (bicyclic) bond motifs is 1. The van der Waals surface area contributed by atoms with E-state index < -0.39 is 5.82 Å². The number of halogens is 2. The Labute approximate surface area is 190 Å². The third-order valence-corrected chi connectivity index (χ3v) is 5.98. The largest absolute Gasteiger partial charge is 0.323 e. The van der Waals surface area contributed by atoms with E-state index in [2.05, 4.69) is 33.5 Å². The summed E-state index contributed by atoms with van der Waals surface area (Å²) in [6.45, 7) is 4.75. The molecule has 1 aliphatic heterocycles. The van der Waals surface area contributed by atoms with Gasteiger partial charge in [0.05, 0.1) is 0 Å². The fourth-order valence-corrected chi connectivity index (χ4v) is 4.27. The molecule has 0 saturated carbocycles. The van der Waals surface area contributed by atoms with Crippen molar-refractivity contribution < 1.29 is 8.78 Å². The number of hydrogen-bond acceptors (Lipinski definition) is 5. The van der Waals surface area contributed by atoms with Crippen LogP contribution in [0.1, 0.15) is 43.8 Å². The summed E-state index contributed by atoms with van der Waals surface area (Å²) in [4.78, 5) is 8.79. The summed E-state index contributed by atoms with van der Waals surface area (Å²) in [6, 6.07) is 4.80. The molecule has 0 bridgehead atoms. The number of benzene rings is 1. The molecule has 1 N–H and O–H groups in total. The Morgan fingerprint density at radius 3 is 2.79 bits per heavy atom. The molecule has 0 fully saturated rings. The number of anilines is 2. The predicted octanol–water partition coefficient (Wildman–Crippen LogP) is 5.30. The van der Waals surface area contributed by atoms with Gasteiger partial charge in [0, 0.05) is 18.2 Å². The zero-order valence-electron chi connectivity index (χ0n) is 18.5. The van der Waals surface area contributed by atoms with Crippen molar-refractivity contribution in [3.63, 3.8) is 0 Å². The molecule has 3 aromatic rings. The van der Waals surface area contributed by atoms with Crippen LogP contribution in [-0.4, -0.2) is 29.5 Å². The first-order chi connectivity index (χ1) is 15.9. The van der Waals surface area contributed by atoms with Crippen LogP contribution < -0.4 is 5.32 Å². The van der Waals surface area contributed by atoms with Crippen LogP contribution in [0.25, 0.3) is 5.69 Å². The number of hydrogen-bond donors (Lipinski definition) is 1. The highest BCUT2D eigenvalue weighted by Gasteiger charge is 2.25. The van der Waals surface area contributed by atoms with E-state index in [1.807, 2.05) is 10.8 Å². The van der Waals surface area contributed by atoms with Crippen molar-refractivity contribution >= 4 is 11.6 Å². The Bertz CT molecular complexity index is 1270. The maximum atomic E-state index is 14.7. The van der Waals surface area contributed by atoms with Crippen molar-refractivity contribution in [2.24, 2.45) is 5.92 Å². The SMILES string of the molecule is Cc1ncn(-c2ccc(Nc3nc4n(n3)CCC(C)CC4C=C3C=CC(F)=CC3)cc2F)n1. The summed E-state index contributed by atoms with van der Waals surface area (Å²) < 4.78 is 31.4. The highest BCUT2D eigenvalue weighted by atomic mass is 19.1. The van der Waals surface area contributed by atoms with Crippen molar-refractivity contribution in [1.29, 1.82) is 0 Å². The maximum absolute atomic E-state index is 14.7. The van der Waals surface area contributed by atoms with Crippen LogP contribution in [0.2, 0.25) is 0 Å². The van der Waals surface area contributed by atoms with Gasteiger partial charge < -0.3 is 5.32 Å². The molecule has 5 rings (SSSR count). The van der Waals surface area contributed by atoms with Gasteiger partial charge in [-0.25, -0.2) is 23.1 Å². The second kappa shape index (κ2) is 8.73. The van der Waals surface area contributed by atoms with Crippen LogP contribution in [-0.2, 0) is 6.54 Å². The van der Waals surface area contributed by atoms with E-state index in [4.69, 9.17) is 4.98 Å². The number of nitrogens with zero attached hydrogens (tertiary/aromatic N) is 6. The van der Waals surface area contributed by atoms with Crippen LogP contribution >= 0.6 is 0 Å². The molecule has 33 heavy (non-hydrogen) atoms. The number of nitrogens with one attached hydrogen (secondary N) is 1. The zero-order valence-corrected chi connectivity index (χ0v) is 18.5. The molecule has 0 spiro atoms. The molecule has 2 aliphatic rings. The van der Waals surface area contributed by atoms with Crippen molar-refractivity contribution in [3.8, 4) is 5.69 Å². The van der Waals surface area contributed by atoms with Gasteiger partial charge in [0.2, 0.25) is 5.95 Å². The Hall–Kier alpha value is -3.62. The fraction of sp³-hybridized carbons (Fsp3) is 0.333. The first-order valence-electron chi connectivity index (χ1n) is 11.1. The van der Waals surface area contributed by atoms with Crippen LogP contribution in [0.3, 0.4) is 0 Å². The second-order valence-corrected chi connectivity index (χ2v) is 8.65. The standard InChI is InChI=1S/C24H25F2N7/c1-15-9-10-32-23(18(11-15)12-17-3-5-19(25)6-4-17)29-24(31-32)28-20-7-8-22(21(26)13-20)33-14-27-16(2)30-33/h3,5-8,12-15,18H,4,9-11H2,1-2H3,(H,28,31). The van der Waals surface area contributed by atoms with Gasteiger partial charge in [-0.3, -0.25) is 0 Å². The van der Waals surface area contributed by atoms with E-state index in [0.717, 1.165) is 30.8 Å². The van der Waals surface area contributed by atoms with Gasteiger partial charge in [-0.05, 0) is 68.0 Å². The second-order valence-electron chi connectivity index (χ2n) is 8.65. The maximum Gasteiger partial charge on any atom is 0.246 e. The lowest BCUT2D eigenvalue weighted by molar-refractivity contribution is 0.463. The summed E-state index contributed by atoms with van der Waals surface area (Å²) in [7, 11) is 0. The molecule has 1 aliphatic carbocycles. The zero-order chi connectivity index (χ0) is 22.9. The molecule has 0 amide bonds. The van der Waals surface area contributed by atoms with Gasteiger partial charge in [0.25, 0.3) is 0 Å². The molecular weight excluding hydrogens is 424 g/mol. The lowest BCUT2D eigenvalue weighted by Gasteiger charge is -2.14. The summed E-state index contributed by atoms with van der Waals surface area (Å²) >= 11 is 0. The van der Waals surface area contributed by atoms with E-state index >= 15 is 0 Å². The molecule has 1 aromatic carbocycles. The van der Waals surface area contributed by atoms with Crippen LogP contribution in [0.5, 0.6) is 0 Å². The van der Waals surface area contributed by atoms with Gasteiger partial charge in [-0.15, -0.1) is 5.10 Å². The van der Waals surface area contributed by atoms with Crippen LogP contribution in [0.4, 0.5) is 20.4 Å². The normalized spacial score (nSPS) is 21.6. The first-order valence-corrected chi connectivity index (χ1v) is 11.1. The summed E-state index contributed by atoms with van der Waals surface area (Å²) in [5.41, 5.74) is 1.94. The number of aryl methyl sites for hydroxylation is 2. The highest BCUT2D eigenvalue weighted by Crippen LogP contribution is 2.33. The quantitative estimate of drug-likeness (QED) is 0.585. The molecule has 2 unspecified atom stereocenters. The van der Waals surface area contributed by atoms with Crippen molar-refractivity contribution in [1.82, 2.24) is 29.5 Å². The monoisotopic (exact) mass is 449 g/mol. The van der Waals surface area contributed by atoms with E-state index in [9.17, 15) is 8.78 Å². The van der Waals surface area contributed by atoms with Crippen molar-refractivity contribution in [3.05, 3.63) is 77.7 Å². The highest BCUT2D eigenvalue weighted by molar-refractivity contribution is 5.56.